The van der Waals surface area contributed by atoms with Crippen molar-refractivity contribution in [3.8, 4) is 6.07 Å². The maximum Gasteiger partial charge on any atom is 0.335 e. The molecule has 3 nitrogen and oxygen atoms in total. The Balaban J connectivity index is 2.18. The van der Waals surface area contributed by atoms with Gasteiger partial charge in [0.1, 0.15) is 0 Å². The number of aromatic carboxylic acids is 1. The van der Waals surface area contributed by atoms with Crippen molar-refractivity contribution in [1.82, 2.24) is 0 Å². The fourth-order valence-corrected chi connectivity index (χ4v) is 2.78. The summed E-state index contributed by atoms with van der Waals surface area (Å²) in [6.07, 6.45) is 0. The SMILES string of the molecule is Cc1ccc(SCc2ccccc2C#N)cc1C(=O)O. The number of nitrogens with zero attached hydrogens (tertiary/aromatic N) is 1. The number of hydrogen-bond donors (Lipinski definition) is 1. The molecule has 0 radical (unpaired) electrons. The smallest absolute Gasteiger partial charge is 0.335 e. The van der Waals surface area contributed by atoms with Gasteiger partial charge in [0, 0.05) is 10.6 Å². The molecule has 1 N–H and O–H groups in total. The van der Waals surface area contributed by atoms with E-state index < -0.39 is 5.97 Å². The minimum Gasteiger partial charge on any atom is -0.478 e. The van der Waals surface area contributed by atoms with Crippen molar-refractivity contribution in [3.05, 3.63) is 64.7 Å². The van der Waals surface area contributed by atoms with Crippen LogP contribution in [0.2, 0.25) is 0 Å². The number of hydrogen-bond acceptors (Lipinski definition) is 3. The average molecular weight is 283 g/mol. The normalized spacial score (nSPS) is 10.0. The van der Waals surface area contributed by atoms with E-state index in [1.54, 1.807) is 19.1 Å². The lowest BCUT2D eigenvalue weighted by Gasteiger charge is -2.06. The fourth-order valence-electron chi connectivity index (χ4n) is 1.84. The van der Waals surface area contributed by atoms with E-state index in [1.807, 2.05) is 30.3 Å². The highest BCUT2D eigenvalue weighted by molar-refractivity contribution is 7.98. The topological polar surface area (TPSA) is 61.1 Å². The van der Waals surface area contributed by atoms with Crippen molar-refractivity contribution < 1.29 is 9.90 Å². The molecule has 0 fully saturated rings. The number of nitriles is 1. The van der Waals surface area contributed by atoms with Gasteiger partial charge >= 0.3 is 5.97 Å². The molecule has 2 aromatic carbocycles. The highest BCUT2D eigenvalue weighted by Crippen LogP contribution is 2.26. The van der Waals surface area contributed by atoms with Gasteiger partial charge in [-0.1, -0.05) is 24.3 Å². The highest BCUT2D eigenvalue weighted by Gasteiger charge is 2.09. The van der Waals surface area contributed by atoms with Crippen LogP contribution in [0.1, 0.15) is 27.0 Å². The molecule has 2 rings (SSSR count). The number of carboxylic acids is 1. The first kappa shape index (κ1) is 14.2. The summed E-state index contributed by atoms with van der Waals surface area (Å²) < 4.78 is 0. The Bertz CT molecular complexity index is 689. The van der Waals surface area contributed by atoms with Gasteiger partial charge in [0.05, 0.1) is 17.2 Å². The largest absolute Gasteiger partial charge is 0.478 e. The predicted molar refractivity (Wildman–Crippen MR) is 78.9 cm³/mol. The van der Waals surface area contributed by atoms with Crippen molar-refractivity contribution in [3.63, 3.8) is 0 Å². The van der Waals surface area contributed by atoms with E-state index in [9.17, 15) is 4.79 Å². The first-order chi connectivity index (χ1) is 9.61. The Morgan fingerprint density at radius 1 is 1.30 bits per heavy atom. The summed E-state index contributed by atoms with van der Waals surface area (Å²) in [5.74, 6) is -0.270. The summed E-state index contributed by atoms with van der Waals surface area (Å²) in [6.45, 7) is 1.78. The van der Waals surface area contributed by atoms with E-state index in [0.717, 1.165) is 16.0 Å². The average Bonchev–Trinajstić information content (AvgIpc) is 2.46. The molecule has 0 aliphatic carbocycles. The molecule has 0 saturated carbocycles. The van der Waals surface area contributed by atoms with Gasteiger partial charge in [-0.3, -0.25) is 0 Å². The third-order valence-electron chi connectivity index (χ3n) is 2.97. The van der Waals surface area contributed by atoms with Gasteiger partial charge in [0.25, 0.3) is 0 Å². The molecule has 0 spiro atoms. The van der Waals surface area contributed by atoms with Gasteiger partial charge < -0.3 is 5.11 Å². The molecule has 0 heterocycles. The van der Waals surface area contributed by atoms with Crippen LogP contribution < -0.4 is 0 Å². The second-order valence-electron chi connectivity index (χ2n) is 4.34. The quantitative estimate of drug-likeness (QED) is 0.866. The van der Waals surface area contributed by atoms with Crippen molar-refractivity contribution in [2.45, 2.75) is 17.6 Å². The van der Waals surface area contributed by atoms with Crippen LogP contribution in [0.4, 0.5) is 0 Å². The van der Waals surface area contributed by atoms with Crippen LogP contribution in [-0.4, -0.2) is 11.1 Å². The third kappa shape index (κ3) is 3.19. The Kier molecular flexibility index (Phi) is 4.44. The van der Waals surface area contributed by atoms with Crippen LogP contribution in [0.25, 0.3) is 0 Å². The lowest BCUT2D eigenvalue weighted by atomic mass is 10.1. The van der Waals surface area contributed by atoms with Gasteiger partial charge in [-0.15, -0.1) is 11.8 Å². The van der Waals surface area contributed by atoms with E-state index in [0.29, 0.717) is 16.9 Å². The first-order valence-corrected chi connectivity index (χ1v) is 7.05. The van der Waals surface area contributed by atoms with Gasteiger partial charge in [-0.2, -0.15) is 5.26 Å². The summed E-state index contributed by atoms with van der Waals surface area (Å²) in [5, 5.41) is 18.1. The molecular weight excluding hydrogens is 270 g/mol. The van der Waals surface area contributed by atoms with Gasteiger partial charge in [-0.05, 0) is 36.2 Å². The maximum atomic E-state index is 11.1. The molecule has 100 valence electrons. The van der Waals surface area contributed by atoms with E-state index in [1.165, 1.54) is 11.8 Å². The second kappa shape index (κ2) is 6.27. The Hall–Kier alpha value is -2.25. The fraction of sp³-hybridized carbons (Fsp3) is 0.125. The van der Waals surface area contributed by atoms with Crippen LogP contribution in [0.3, 0.4) is 0 Å². The molecule has 0 bridgehead atoms. The van der Waals surface area contributed by atoms with Crippen LogP contribution in [0, 0.1) is 18.3 Å². The zero-order chi connectivity index (χ0) is 14.5. The molecule has 0 saturated heterocycles. The Morgan fingerprint density at radius 3 is 2.75 bits per heavy atom. The molecule has 0 aromatic heterocycles. The molecule has 0 amide bonds. The van der Waals surface area contributed by atoms with Crippen molar-refractivity contribution in [2.24, 2.45) is 0 Å². The Morgan fingerprint density at radius 2 is 2.05 bits per heavy atom. The molecular formula is C16H13NO2S. The molecule has 0 aliphatic rings. The second-order valence-corrected chi connectivity index (χ2v) is 5.39. The minimum atomic E-state index is -0.914. The number of carbonyl (C=O) groups is 1. The zero-order valence-corrected chi connectivity index (χ0v) is 11.8. The lowest BCUT2D eigenvalue weighted by molar-refractivity contribution is 0.0696. The summed E-state index contributed by atoms with van der Waals surface area (Å²) in [5.41, 5.74) is 2.69. The third-order valence-corrected chi connectivity index (χ3v) is 4.01. The van der Waals surface area contributed by atoms with E-state index in [4.69, 9.17) is 10.4 Å². The lowest BCUT2D eigenvalue weighted by Crippen LogP contribution is -1.99. The number of rotatable bonds is 4. The van der Waals surface area contributed by atoms with Gasteiger partial charge in [0.15, 0.2) is 0 Å². The molecule has 20 heavy (non-hydrogen) atoms. The number of benzene rings is 2. The number of thioether (sulfide) groups is 1. The van der Waals surface area contributed by atoms with E-state index in [2.05, 4.69) is 6.07 Å². The van der Waals surface area contributed by atoms with Crippen LogP contribution >= 0.6 is 11.8 Å². The van der Waals surface area contributed by atoms with Crippen molar-refractivity contribution in [1.29, 1.82) is 5.26 Å². The summed E-state index contributed by atoms with van der Waals surface area (Å²) in [7, 11) is 0. The van der Waals surface area contributed by atoms with Crippen molar-refractivity contribution >= 4 is 17.7 Å². The first-order valence-electron chi connectivity index (χ1n) is 6.06. The Labute approximate surface area is 121 Å². The van der Waals surface area contributed by atoms with E-state index >= 15 is 0 Å². The summed E-state index contributed by atoms with van der Waals surface area (Å²) in [6, 6.07) is 15.0. The molecule has 2 aromatic rings. The van der Waals surface area contributed by atoms with Gasteiger partial charge in [-0.25, -0.2) is 4.79 Å². The van der Waals surface area contributed by atoms with Crippen LogP contribution in [-0.2, 0) is 5.75 Å². The summed E-state index contributed by atoms with van der Waals surface area (Å²) >= 11 is 1.53. The zero-order valence-electron chi connectivity index (χ0n) is 11.0. The minimum absolute atomic E-state index is 0.323. The number of aryl methyl sites for hydroxylation is 1. The molecule has 0 unspecified atom stereocenters. The summed E-state index contributed by atoms with van der Waals surface area (Å²) in [4.78, 5) is 12.0. The molecule has 0 aliphatic heterocycles. The van der Waals surface area contributed by atoms with Crippen LogP contribution in [0.5, 0.6) is 0 Å². The monoisotopic (exact) mass is 283 g/mol. The highest BCUT2D eigenvalue weighted by atomic mass is 32.2. The van der Waals surface area contributed by atoms with Crippen molar-refractivity contribution in [2.75, 3.05) is 0 Å². The van der Waals surface area contributed by atoms with Crippen LogP contribution in [0.15, 0.2) is 47.4 Å². The standard InChI is InChI=1S/C16H13NO2S/c1-11-6-7-14(8-15(11)16(18)19)20-10-13-5-3-2-4-12(13)9-17/h2-8H,10H2,1H3,(H,18,19). The predicted octanol–water partition coefficient (Wildman–Crippen LogP) is 3.86. The number of carboxylic acid groups (broad SMARTS) is 1. The maximum absolute atomic E-state index is 11.1. The molecule has 0 atom stereocenters. The van der Waals surface area contributed by atoms with Gasteiger partial charge in [0.2, 0.25) is 0 Å². The molecule has 4 heteroatoms. The van der Waals surface area contributed by atoms with E-state index in [-0.39, 0.29) is 0 Å².